The van der Waals surface area contributed by atoms with Crippen LogP contribution in [0.5, 0.6) is 0 Å². The van der Waals surface area contributed by atoms with Gasteiger partial charge in [-0.25, -0.2) is 4.98 Å². The van der Waals surface area contributed by atoms with Gasteiger partial charge in [-0.3, -0.25) is 0 Å². The summed E-state index contributed by atoms with van der Waals surface area (Å²) in [5.74, 6) is 1.26. The van der Waals surface area contributed by atoms with E-state index in [1.165, 1.54) is 6.33 Å². The van der Waals surface area contributed by atoms with Gasteiger partial charge in [0.25, 0.3) is 5.78 Å². The molecule has 0 spiro atoms. The van der Waals surface area contributed by atoms with E-state index in [1.807, 2.05) is 0 Å². The number of likely N-dealkylation sites (N-methyl/N-ethyl adjacent to an activating group) is 1. The molecular weight excluding hydrogens is 192 g/mol. The first-order chi connectivity index (χ1) is 7.25. The Bertz CT molecular complexity index is 517. The maximum Gasteiger partial charge on any atom is 0.254 e. The molecule has 0 amide bonds. The molecule has 0 atom stereocenters. The molecule has 1 aliphatic rings. The Morgan fingerprint density at radius 1 is 1.47 bits per heavy atom. The molecule has 15 heavy (non-hydrogen) atoms. The van der Waals surface area contributed by atoms with Gasteiger partial charge in [0.1, 0.15) is 12.1 Å². The van der Waals surface area contributed by atoms with Crippen LogP contribution >= 0.6 is 0 Å². The van der Waals surface area contributed by atoms with Gasteiger partial charge in [-0.15, -0.1) is 0 Å². The number of hydrogen-bond acceptors (Lipinski definition) is 5. The summed E-state index contributed by atoms with van der Waals surface area (Å²) >= 11 is 0. The van der Waals surface area contributed by atoms with E-state index in [2.05, 4.69) is 27.0 Å². The molecule has 0 unspecified atom stereocenters. The summed E-state index contributed by atoms with van der Waals surface area (Å²) in [6, 6.07) is 0. The topological polar surface area (TPSA) is 72.3 Å². The molecule has 2 N–H and O–H groups in total. The standard InChI is InChI=1S/C9H12N6/c1-14-3-2-7-6(4-14)8(10)15-9(13-7)11-5-12-15/h5H,2-4,10H2,1H3. The molecule has 0 saturated heterocycles. The second kappa shape index (κ2) is 2.90. The normalized spacial score (nSPS) is 16.9. The minimum absolute atomic E-state index is 0.593. The fourth-order valence-corrected chi connectivity index (χ4v) is 1.97. The first-order valence-electron chi connectivity index (χ1n) is 4.91. The molecule has 2 aromatic rings. The monoisotopic (exact) mass is 204 g/mol. The van der Waals surface area contributed by atoms with Crippen LogP contribution < -0.4 is 5.73 Å². The van der Waals surface area contributed by atoms with Gasteiger partial charge >= 0.3 is 0 Å². The lowest BCUT2D eigenvalue weighted by Crippen LogP contribution is -2.29. The summed E-state index contributed by atoms with van der Waals surface area (Å²) in [6.45, 7) is 1.85. The molecule has 3 rings (SSSR count). The number of anilines is 1. The van der Waals surface area contributed by atoms with Crippen LogP contribution in [0, 0.1) is 0 Å². The first kappa shape index (κ1) is 8.60. The highest BCUT2D eigenvalue weighted by molar-refractivity contribution is 5.50. The van der Waals surface area contributed by atoms with Gasteiger partial charge in [-0.05, 0) is 7.05 Å². The average Bonchev–Trinajstić information content (AvgIpc) is 2.68. The van der Waals surface area contributed by atoms with Gasteiger partial charge in [0.05, 0.1) is 5.69 Å². The van der Waals surface area contributed by atoms with Gasteiger partial charge in [-0.1, -0.05) is 0 Å². The zero-order valence-corrected chi connectivity index (χ0v) is 8.51. The summed E-state index contributed by atoms with van der Waals surface area (Å²) in [4.78, 5) is 10.7. The Morgan fingerprint density at radius 3 is 3.20 bits per heavy atom. The highest BCUT2D eigenvalue weighted by Gasteiger charge is 2.19. The molecule has 0 fully saturated rings. The zero-order valence-electron chi connectivity index (χ0n) is 8.51. The van der Waals surface area contributed by atoms with Crippen molar-refractivity contribution >= 4 is 11.6 Å². The van der Waals surface area contributed by atoms with Crippen LogP contribution in [0.1, 0.15) is 11.3 Å². The summed E-state index contributed by atoms with van der Waals surface area (Å²) in [5.41, 5.74) is 8.19. The van der Waals surface area contributed by atoms with Gasteiger partial charge < -0.3 is 10.6 Å². The average molecular weight is 204 g/mol. The smallest absolute Gasteiger partial charge is 0.254 e. The van der Waals surface area contributed by atoms with E-state index in [0.717, 1.165) is 30.8 Å². The van der Waals surface area contributed by atoms with Crippen molar-refractivity contribution in [2.24, 2.45) is 0 Å². The van der Waals surface area contributed by atoms with E-state index >= 15 is 0 Å². The van der Waals surface area contributed by atoms with E-state index in [-0.39, 0.29) is 0 Å². The summed E-state index contributed by atoms with van der Waals surface area (Å²) < 4.78 is 1.60. The lowest BCUT2D eigenvalue weighted by Gasteiger charge is -2.24. The summed E-state index contributed by atoms with van der Waals surface area (Å²) in [6.07, 6.45) is 2.41. The molecule has 6 heteroatoms. The molecule has 0 aliphatic carbocycles. The number of aromatic nitrogens is 4. The van der Waals surface area contributed by atoms with Crippen molar-refractivity contribution in [2.45, 2.75) is 13.0 Å². The fraction of sp³-hybridized carbons (Fsp3) is 0.444. The Labute approximate surface area is 86.7 Å². The van der Waals surface area contributed by atoms with Crippen LogP contribution in [0.25, 0.3) is 5.78 Å². The molecule has 2 aromatic heterocycles. The second-order valence-electron chi connectivity index (χ2n) is 3.88. The minimum atomic E-state index is 0.593. The molecule has 1 aliphatic heterocycles. The van der Waals surface area contributed by atoms with Crippen molar-refractivity contribution < 1.29 is 0 Å². The third-order valence-electron chi connectivity index (χ3n) is 2.81. The van der Waals surface area contributed by atoms with Crippen molar-refractivity contribution in [3.05, 3.63) is 17.6 Å². The molecule has 78 valence electrons. The lowest BCUT2D eigenvalue weighted by atomic mass is 10.1. The van der Waals surface area contributed by atoms with Gasteiger partial charge in [0, 0.05) is 25.1 Å². The number of rotatable bonds is 0. The molecular formula is C9H12N6. The maximum absolute atomic E-state index is 6.04. The predicted octanol–water partition coefficient (Wildman–Crippen LogP) is -0.306. The Morgan fingerprint density at radius 2 is 2.33 bits per heavy atom. The van der Waals surface area contributed by atoms with Gasteiger partial charge in [-0.2, -0.15) is 14.6 Å². The second-order valence-corrected chi connectivity index (χ2v) is 3.88. The molecule has 0 aromatic carbocycles. The Kier molecular flexibility index (Phi) is 1.66. The van der Waals surface area contributed by atoms with Crippen molar-refractivity contribution in [1.82, 2.24) is 24.5 Å². The molecule has 0 radical (unpaired) electrons. The largest absolute Gasteiger partial charge is 0.383 e. The molecule has 3 heterocycles. The predicted molar refractivity (Wildman–Crippen MR) is 55.2 cm³/mol. The number of hydrogen-bond donors (Lipinski definition) is 1. The van der Waals surface area contributed by atoms with Crippen LogP contribution in [0.15, 0.2) is 6.33 Å². The van der Waals surface area contributed by atoms with Crippen LogP contribution in [0.4, 0.5) is 5.82 Å². The quantitative estimate of drug-likeness (QED) is 0.637. The maximum atomic E-state index is 6.04. The number of nitrogen functional groups attached to an aromatic ring is 1. The van der Waals surface area contributed by atoms with E-state index < -0.39 is 0 Å². The van der Waals surface area contributed by atoms with Gasteiger partial charge in [0.2, 0.25) is 0 Å². The molecule has 6 nitrogen and oxygen atoms in total. The van der Waals surface area contributed by atoms with Crippen molar-refractivity contribution in [3.8, 4) is 0 Å². The van der Waals surface area contributed by atoms with Crippen LogP contribution in [-0.2, 0) is 13.0 Å². The highest BCUT2D eigenvalue weighted by Crippen LogP contribution is 2.22. The van der Waals surface area contributed by atoms with Crippen LogP contribution in [0.3, 0.4) is 0 Å². The molecule has 0 saturated carbocycles. The third kappa shape index (κ3) is 1.18. The first-order valence-corrected chi connectivity index (χ1v) is 4.91. The highest BCUT2D eigenvalue weighted by atomic mass is 15.3. The Hall–Kier alpha value is -1.69. The summed E-state index contributed by atoms with van der Waals surface area (Å²) in [5, 5.41) is 4.05. The van der Waals surface area contributed by atoms with Gasteiger partial charge in [0.15, 0.2) is 0 Å². The van der Waals surface area contributed by atoms with Crippen molar-refractivity contribution in [1.29, 1.82) is 0 Å². The van der Waals surface area contributed by atoms with E-state index in [1.54, 1.807) is 4.52 Å². The fourth-order valence-electron chi connectivity index (χ4n) is 1.97. The van der Waals surface area contributed by atoms with Crippen molar-refractivity contribution in [3.63, 3.8) is 0 Å². The molecule has 0 bridgehead atoms. The van der Waals surface area contributed by atoms with E-state index in [0.29, 0.717) is 11.6 Å². The zero-order chi connectivity index (χ0) is 10.4. The minimum Gasteiger partial charge on any atom is -0.383 e. The van der Waals surface area contributed by atoms with E-state index in [9.17, 15) is 0 Å². The number of nitrogens with two attached hydrogens (primary N) is 1. The SMILES string of the molecule is CN1CCc2nc3ncnn3c(N)c2C1. The van der Waals surface area contributed by atoms with Crippen LogP contribution in [-0.4, -0.2) is 38.1 Å². The summed E-state index contributed by atoms with van der Waals surface area (Å²) in [7, 11) is 2.08. The third-order valence-corrected chi connectivity index (χ3v) is 2.81. The number of nitrogens with zero attached hydrogens (tertiary/aromatic N) is 5. The number of fused-ring (bicyclic) bond motifs is 2. The van der Waals surface area contributed by atoms with E-state index in [4.69, 9.17) is 5.73 Å². The lowest BCUT2D eigenvalue weighted by molar-refractivity contribution is 0.310. The van der Waals surface area contributed by atoms with Crippen molar-refractivity contribution in [2.75, 3.05) is 19.3 Å². The van der Waals surface area contributed by atoms with Crippen LogP contribution in [0.2, 0.25) is 0 Å². The Balaban J connectivity index is 2.28.